The van der Waals surface area contributed by atoms with Gasteiger partial charge in [-0.2, -0.15) is 0 Å². The summed E-state index contributed by atoms with van der Waals surface area (Å²) in [6, 6.07) is 0.238. The number of imidazole rings is 1. The molecule has 0 aromatic carbocycles. The summed E-state index contributed by atoms with van der Waals surface area (Å²) >= 11 is 3.38. The lowest BCUT2D eigenvalue weighted by atomic mass is 9.96. The molecule has 0 aliphatic heterocycles. The lowest BCUT2D eigenvalue weighted by Crippen LogP contribution is -2.30. The van der Waals surface area contributed by atoms with Crippen LogP contribution in [0.5, 0.6) is 0 Å². The molecule has 1 saturated carbocycles. The Morgan fingerprint density at radius 3 is 2.52 bits per heavy atom. The number of halogens is 1. The van der Waals surface area contributed by atoms with Gasteiger partial charge in [-0.05, 0) is 28.8 Å². The van der Waals surface area contributed by atoms with Gasteiger partial charge < -0.3 is 10.4 Å². The fourth-order valence-corrected chi connectivity index (χ4v) is 2.72. The summed E-state index contributed by atoms with van der Waals surface area (Å²) in [5.41, 5.74) is 0.711. The normalized spacial score (nSPS) is 15.3. The van der Waals surface area contributed by atoms with E-state index in [4.69, 9.17) is 5.11 Å². The summed E-state index contributed by atoms with van der Waals surface area (Å²) in [4.78, 5) is 18.5. The maximum absolute atomic E-state index is 10.0. The van der Waals surface area contributed by atoms with E-state index < -0.39 is 6.09 Å². The lowest BCUT2D eigenvalue weighted by molar-refractivity contribution is 0.190. The zero-order valence-electron chi connectivity index (χ0n) is 13.6. The summed E-state index contributed by atoms with van der Waals surface area (Å²) in [5, 5.41) is 15.1. The molecule has 2 aromatic rings. The fraction of sp³-hybridized carbons (Fsp3) is 0.600. The molecule has 1 amide bonds. The number of hydrogen-bond acceptors (Lipinski definition) is 4. The zero-order chi connectivity index (χ0) is 17.0. The molecule has 2 N–H and O–H groups in total. The third-order valence-corrected chi connectivity index (χ3v) is 4.11. The number of nitrogens with one attached hydrogen (secondary N) is 1. The Balaban J connectivity index is 0.000000185. The van der Waals surface area contributed by atoms with Crippen LogP contribution < -0.4 is 5.32 Å². The van der Waals surface area contributed by atoms with E-state index in [1.165, 1.54) is 12.8 Å². The lowest BCUT2D eigenvalue weighted by Gasteiger charge is -2.15. The average Bonchev–Trinajstić information content (AvgIpc) is 3.08. The number of aromatic nitrogens is 4. The summed E-state index contributed by atoms with van der Waals surface area (Å²) in [6.07, 6.45) is 6.95. The van der Waals surface area contributed by atoms with Gasteiger partial charge in [-0.25, -0.2) is 19.3 Å². The van der Waals surface area contributed by atoms with Gasteiger partial charge in [0.1, 0.15) is 4.60 Å². The predicted octanol–water partition coefficient (Wildman–Crippen LogP) is 3.38. The van der Waals surface area contributed by atoms with Gasteiger partial charge in [-0.1, -0.05) is 33.6 Å². The van der Waals surface area contributed by atoms with Crippen molar-refractivity contribution in [1.82, 2.24) is 24.9 Å². The van der Waals surface area contributed by atoms with Crippen molar-refractivity contribution in [3.8, 4) is 0 Å². The quantitative estimate of drug-likeness (QED) is 0.787. The van der Waals surface area contributed by atoms with Crippen molar-refractivity contribution in [2.45, 2.75) is 57.9 Å². The van der Waals surface area contributed by atoms with Gasteiger partial charge in [0.2, 0.25) is 0 Å². The SMILES string of the molecule is CC(C)(C)c1ncc2ncc(Br)n2n1.O=C(O)NC1CCCC1. The minimum Gasteiger partial charge on any atom is -0.465 e. The number of carboxylic acid groups (broad SMARTS) is 1. The Morgan fingerprint density at radius 1 is 1.30 bits per heavy atom. The largest absolute Gasteiger partial charge is 0.465 e. The molecule has 8 heteroatoms. The maximum Gasteiger partial charge on any atom is 0.404 e. The second kappa shape index (κ2) is 7.25. The highest BCUT2D eigenvalue weighted by Crippen LogP contribution is 2.19. The summed E-state index contributed by atoms with van der Waals surface area (Å²) in [6.45, 7) is 6.25. The molecule has 0 unspecified atom stereocenters. The highest BCUT2D eigenvalue weighted by atomic mass is 79.9. The second-order valence-electron chi connectivity index (χ2n) is 6.61. The first-order valence-electron chi connectivity index (χ1n) is 7.63. The van der Waals surface area contributed by atoms with E-state index >= 15 is 0 Å². The molecule has 3 rings (SSSR count). The number of fused-ring (bicyclic) bond motifs is 1. The minimum atomic E-state index is -0.887. The first kappa shape index (κ1) is 17.7. The highest BCUT2D eigenvalue weighted by Gasteiger charge is 2.18. The summed E-state index contributed by atoms with van der Waals surface area (Å²) in [5.74, 6) is 0.809. The Hall–Kier alpha value is -1.70. The molecule has 1 aliphatic carbocycles. The maximum atomic E-state index is 10.0. The standard InChI is InChI=1S/C9H11BrN4.C6H11NO2/c1-9(2,3)8-12-5-7-11-4-6(10)14(7)13-8;8-6(9)7-5-3-1-2-4-5/h4-5H,1-3H3;5,7H,1-4H2,(H,8,9). The van der Waals surface area contributed by atoms with Crippen molar-refractivity contribution in [1.29, 1.82) is 0 Å². The van der Waals surface area contributed by atoms with Gasteiger partial charge in [0.15, 0.2) is 11.5 Å². The van der Waals surface area contributed by atoms with Gasteiger partial charge in [-0.15, -0.1) is 5.10 Å². The van der Waals surface area contributed by atoms with Crippen molar-refractivity contribution < 1.29 is 9.90 Å². The van der Waals surface area contributed by atoms with Crippen LogP contribution in [0.2, 0.25) is 0 Å². The van der Waals surface area contributed by atoms with Crippen LogP contribution in [-0.2, 0) is 5.41 Å². The summed E-state index contributed by atoms with van der Waals surface area (Å²) in [7, 11) is 0. The first-order chi connectivity index (χ1) is 10.8. The molecule has 1 fully saturated rings. The van der Waals surface area contributed by atoms with Crippen molar-refractivity contribution in [3.05, 3.63) is 22.8 Å². The molecule has 2 heterocycles. The summed E-state index contributed by atoms with van der Waals surface area (Å²) < 4.78 is 2.59. The predicted molar refractivity (Wildman–Crippen MR) is 90.6 cm³/mol. The molecule has 1 aliphatic rings. The molecular weight excluding hydrogens is 362 g/mol. The Morgan fingerprint density at radius 2 is 1.96 bits per heavy atom. The number of rotatable bonds is 1. The molecule has 126 valence electrons. The number of nitrogens with zero attached hydrogens (tertiary/aromatic N) is 4. The van der Waals surface area contributed by atoms with E-state index in [-0.39, 0.29) is 11.5 Å². The van der Waals surface area contributed by atoms with E-state index in [9.17, 15) is 4.79 Å². The zero-order valence-corrected chi connectivity index (χ0v) is 15.2. The topological polar surface area (TPSA) is 92.4 Å². The smallest absolute Gasteiger partial charge is 0.404 e. The molecule has 7 nitrogen and oxygen atoms in total. The van der Waals surface area contributed by atoms with Gasteiger partial charge >= 0.3 is 6.09 Å². The van der Waals surface area contributed by atoms with Crippen molar-refractivity contribution >= 4 is 27.7 Å². The van der Waals surface area contributed by atoms with Crippen LogP contribution in [0.4, 0.5) is 4.79 Å². The van der Waals surface area contributed by atoms with Crippen LogP contribution in [0, 0.1) is 0 Å². The number of hydrogen-bond donors (Lipinski definition) is 2. The molecule has 2 aromatic heterocycles. The van der Waals surface area contributed by atoms with Crippen LogP contribution >= 0.6 is 15.9 Å². The van der Waals surface area contributed by atoms with Crippen molar-refractivity contribution in [2.75, 3.05) is 0 Å². The second-order valence-corrected chi connectivity index (χ2v) is 7.43. The van der Waals surface area contributed by atoms with E-state index in [1.54, 1.807) is 16.9 Å². The number of carbonyl (C=O) groups is 1. The van der Waals surface area contributed by atoms with E-state index in [2.05, 4.69) is 57.1 Å². The van der Waals surface area contributed by atoms with Crippen LogP contribution in [0.1, 0.15) is 52.3 Å². The third-order valence-electron chi connectivity index (χ3n) is 3.57. The fourth-order valence-electron chi connectivity index (χ4n) is 2.35. The van der Waals surface area contributed by atoms with Gasteiger partial charge in [0.25, 0.3) is 0 Å². The van der Waals surface area contributed by atoms with Crippen molar-refractivity contribution in [2.24, 2.45) is 0 Å². The van der Waals surface area contributed by atoms with Crippen LogP contribution in [0.3, 0.4) is 0 Å². The molecule has 0 atom stereocenters. The van der Waals surface area contributed by atoms with E-state index in [0.717, 1.165) is 28.9 Å². The van der Waals surface area contributed by atoms with Crippen LogP contribution in [0.15, 0.2) is 17.0 Å². The highest BCUT2D eigenvalue weighted by molar-refractivity contribution is 9.10. The average molecular weight is 384 g/mol. The van der Waals surface area contributed by atoms with Gasteiger partial charge in [-0.3, -0.25) is 0 Å². The van der Waals surface area contributed by atoms with E-state index in [0.29, 0.717) is 0 Å². The Bertz CT molecular complexity index is 674. The van der Waals surface area contributed by atoms with Crippen LogP contribution in [-0.4, -0.2) is 36.8 Å². The first-order valence-corrected chi connectivity index (χ1v) is 8.43. The Kier molecular flexibility index (Phi) is 5.56. The molecule has 0 saturated heterocycles. The monoisotopic (exact) mass is 383 g/mol. The van der Waals surface area contributed by atoms with Gasteiger partial charge in [0, 0.05) is 11.5 Å². The molecule has 0 spiro atoms. The van der Waals surface area contributed by atoms with Gasteiger partial charge in [0.05, 0.1) is 12.4 Å². The van der Waals surface area contributed by atoms with Crippen LogP contribution in [0.25, 0.3) is 5.65 Å². The number of amides is 1. The molecule has 0 radical (unpaired) electrons. The molecular formula is C15H22BrN5O2. The van der Waals surface area contributed by atoms with Crippen molar-refractivity contribution in [3.63, 3.8) is 0 Å². The molecule has 0 bridgehead atoms. The minimum absolute atomic E-state index is 0.0438. The third kappa shape index (κ3) is 4.89. The molecule has 23 heavy (non-hydrogen) atoms. The van der Waals surface area contributed by atoms with E-state index in [1.807, 2.05) is 0 Å². The Labute approximate surface area is 143 Å².